The third kappa shape index (κ3) is 4.55. The van der Waals surface area contributed by atoms with Gasteiger partial charge in [-0.05, 0) is 37.6 Å². The predicted molar refractivity (Wildman–Crippen MR) is 88.7 cm³/mol. The van der Waals surface area contributed by atoms with Gasteiger partial charge in [-0.25, -0.2) is 0 Å². The zero-order chi connectivity index (χ0) is 15.9. The fourth-order valence-corrected chi connectivity index (χ4v) is 2.69. The van der Waals surface area contributed by atoms with Crippen LogP contribution in [0.4, 0.5) is 5.69 Å². The molecule has 1 unspecified atom stereocenters. The second-order valence-electron chi connectivity index (χ2n) is 5.22. The number of halogens is 1. The first kappa shape index (κ1) is 17.0. The maximum Gasteiger partial charge on any atom is 0.227 e. The highest BCUT2D eigenvalue weighted by atomic mass is 79.9. The van der Waals surface area contributed by atoms with E-state index in [1.54, 1.807) is 4.90 Å². The van der Waals surface area contributed by atoms with Gasteiger partial charge in [0.2, 0.25) is 11.8 Å². The van der Waals surface area contributed by atoms with Crippen LogP contribution in [-0.4, -0.2) is 38.1 Å². The molecule has 1 N–H and O–H groups in total. The van der Waals surface area contributed by atoms with Gasteiger partial charge in [-0.2, -0.15) is 0 Å². The highest BCUT2D eigenvalue weighted by Crippen LogP contribution is 2.26. The van der Waals surface area contributed by atoms with E-state index in [0.717, 1.165) is 16.6 Å². The van der Waals surface area contributed by atoms with Crippen molar-refractivity contribution >= 4 is 33.4 Å². The Hall–Kier alpha value is -1.40. The molecule has 1 aliphatic rings. The van der Waals surface area contributed by atoms with Crippen molar-refractivity contribution in [3.63, 3.8) is 0 Å². The Labute approximate surface area is 139 Å². The SMILES string of the molecule is CCOCCCNC(=O)C1CC(=O)N(c2ccc(Br)cc2)C1. The van der Waals surface area contributed by atoms with Gasteiger partial charge >= 0.3 is 0 Å². The van der Waals surface area contributed by atoms with E-state index in [4.69, 9.17) is 4.74 Å². The van der Waals surface area contributed by atoms with Crippen molar-refractivity contribution in [1.82, 2.24) is 5.32 Å². The van der Waals surface area contributed by atoms with Crippen molar-refractivity contribution in [2.45, 2.75) is 19.8 Å². The first-order valence-corrected chi connectivity index (χ1v) is 8.32. The molecule has 0 saturated carbocycles. The molecule has 1 fully saturated rings. The van der Waals surface area contributed by atoms with Gasteiger partial charge in [0.25, 0.3) is 0 Å². The van der Waals surface area contributed by atoms with Crippen LogP contribution >= 0.6 is 15.9 Å². The number of amides is 2. The molecule has 0 aliphatic carbocycles. The Morgan fingerprint density at radius 3 is 2.82 bits per heavy atom. The van der Waals surface area contributed by atoms with Gasteiger partial charge in [0.05, 0.1) is 5.92 Å². The third-order valence-corrected chi connectivity index (χ3v) is 4.13. The summed E-state index contributed by atoms with van der Waals surface area (Å²) in [7, 11) is 0. The highest BCUT2D eigenvalue weighted by molar-refractivity contribution is 9.10. The summed E-state index contributed by atoms with van der Waals surface area (Å²) in [6, 6.07) is 7.54. The quantitative estimate of drug-likeness (QED) is 0.751. The molecular formula is C16H21BrN2O3. The fraction of sp³-hybridized carbons (Fsp3) is 0.500. The summed E-state index contributed by atoms with van der Waals surface area (Å²) < 4.78 is 6.19. The molecule has 0 aromatic heterocycles. The van der Waals surface area contributed by atoms with Gasteiger partial charge < -0.3 is 15.0 Å². The molecule has 0 radical (unpaired) electrons. The minimum absolute atomic E-state index is 0.00297. The van der Waals surface area contributed by atoms with Crippen LogP contribution in [0.15, 0.2) is 28.7 Å². The van der Waals surface area contributed by atoms with Crippen LogP contribution in [0.5, 0.6) is 0 Å². The third-order valence-electron chi connectivity index (χ3n) is 3.60. The maximum atomic E-state index is 12.1. The van der Waals surface area contributed by atoms with Crippen LogP contribution in [0.3, 0.4) is 0 Å². The van der Waals surface area contributed by atoms with Crippen LogP contribution in [0.2, 0.25) is 0 Å². The second kappa shape index (κ2) is 8.29. The van der Waals surface area contributed by atoms with Crippen molar-refractivity contribution < 1.29 is 14.3 Å². The van der Waals surface area contributed by atoms with Crippen molar-refractivity contribution in [1.29, 1.82) is 0 Å². The van der Waals surface area contributed by atoms with Crippen LogP contribution in [0.25, 0.3) is 0 Å². The minimum atomic E-state index is -0.275. The van der Waals surface area contributed by atoms with E-state index >= 15 is 0 Å². The Bertz CT molecular complexity index is 519. The summed E-state index contributed by atoms with van der Waals surface area (Å²) in [5.41, 5.74) is 0.833. The number of hydrogen-bond donors (Lipinski definition) is 1. The van der Waals surface area contributed by atoms with E-state index in [-0.39, 0.29) is 24.2 Å². The summed E-state index contributed by atoms with van der Waals surface area (Å²) >= 11 is 3.37. The van der Waals surface area contributed by atoms with Crippen molar-refractivity contribution in [3.8, 4) is 0 Å². The predicted octanol–water partition coefficient (Wildman–Crippen LogP) is 2.34. The lowest BCUT2D eigenvalue weighted by Crippen LogP contribution is -2.33. The molecule has 1 heterocycles. The molecule has 1 aromatic carbocycles. The number of anilines is 1. The monoisotopic (exact) mass is 368 g/mol. The molecule has 0 bridgehead atoms. The van der Waals surface area contributed by atoms with Gasteiger partial charge in [-0.3, -0.25) is 9.59 Å². The van der Waals surface area contributed by atoms with Gasteiger partial charge in [0.15, 0.2) is 0 Å². The number of nitrogens with one attached hydrogen (secondary N) is 1. The zero-order valence-corrected chi connectivity index (χ0v) is 14.3. The molecule has 1 aromatic rings. The Morgan fingerprint density at radius 1 is 1.41 bits per heavy atom. The zero-order valence-electron chi connectivity index (χ0n) is 12.7. The van der Waals surface area contributed by atoms with E-state index in [9.17, 15) is 9.59 Å². The molecular weight excluding hydrogens is 348 g/mol. The van der Waals surface area contributed by atoms with Gasteiger partial charge in [-0.15, -0.1) is 0 Å². The van der Waals surface area contributed by atoms with E-state index in [1.807, 2.05) is 31.2 Å². The van der Waals surface area contributed by atoms with Crippen molar-refractivity contribution in [2.24, 2.45) is 5.92 Å². The van der Waals surface area contributed by atoms with E-state index < -0.39 is 0 Å². The van der Waals surface area contributed by atoms with Crippen molar-refractivity contribution in [3.05, 3.63) is 28.7 Å². The van der Waals surface area contributed by atoms with Crippen LogP contribution in [0.1, 0.15) is 19.8 Å². The topological polar surface area (TPSA) is 58.6 Å². The number of benzene rings is 1. The number of ether oxygens (including phenoxy) is 1. The number of hydrogen-bond acceptors (Lipinski definition) is 3. The van der Waals surface area contributed by atoms with Gasteiger partial charge in [0.1, 0.15) is 0 Å². The normalized spacial score (nSPS) is 17.8. The lowest BCUT2D eigenvalue weighted by atomic mass is 10.1. The molecule has 1 aliphatic heterocycles. The molecule has 2 amide bonds. The number of nitrogens with zero attached hydrogens (tertiary/aromatic N) is 1. The summed E-state index contributed by atoms with van der Waals surface area (Å²) in [6.07, 6.45) is 1.06. The standard InChI is InChI=1S/C16H21BrN2O3/c1-2-22-9-3-8-18-16(21)12-10-15(20)19(11-12)14-6-4-13(17)5-7-14/h4-7,12H,2-3,8-11H2,1H3,(H,18,21). The van der Waals surface area contributed by atoms with Crippen LogP contribution in [-0.2, 0) is 14.3 Å². The Balaban J connectivity index is 1.83. The first-order chi connectivity index (χ1) is 10.6. The second-order valence-corrected chi connectivity index (χ2v) is 6.14. The highest BCUT2D eigenvalue weighted by Gasteiger charge is 2.34. The number of carbonyl (C=O) groups is 2. The summed E-state index contributed by atoms with van der Waals surface area (Å²) in [5.74, 6) is -0.329. The Kier molecular flexibility index (Phi) is 6.39. The average molecular weight is 369 g/mol. The summed E-state index contributed by atoms with van der Waals surface area (Å²) in [4.78, 5) is 25.9. The number of rotatable bonds is 7. The molecule has 0 spiro atoms. The lowest BCUT2D eigenvalue weighted by Gasteiger charge is -2.16. The largest absolute Gasteiger partial charge is 0.382 e. The lowest BCUT2D eigenvalue weighted by molar-refractivity contribution is -0.126. The molecule has 5 nitrogen and oxygen atoms in total. The first-order valence-electron chi connectivity index (χ1n) is 7.53. The molecule has 1 saturated heterocycles. The van der Waals surface area contributed by atoms with Gasteiger partial charge in [-0.1, -0.05) is 15.9 Å². The van der Waals surface area contributed by atoms with E-state index in [0.29, 0.717) is 26.3 Å². The molecule has 1 atom stereocenters. The summed E-state index contributed by atoms with van der Waals surface area (Å²) in [5, 5.41) is 2.88. The number of carbonyl (C=O) groups excluding carboxylic acids is 2. The van der Waals surface area contributed by atoms with Crippen molar-refractivity contribution in [2.75, 3.05) is 31.2 Å². The maximum absolute atomic E-state index is 12.1. The smallest absolute Gasteiger partial charge is 0.227 e. The molecule has 120 valence electrons. The fourth-order valence-electron chi connectivity index (χ4n) is 2.43. The molecule has 6 heteroatoms. The summed E-state index contributed by atoms with van der Waals surface area (Å²) in [6.45, 7) is 4.30. The minimum Gasteiger partial charge on any atom is -0.382 e. The molecule has 2 rings (SSSR count). The van der Waals surface area contributed by atoms with E-state index in [1.165, 1.54) is 0 Å². The van der Waals surface area contributed by atoms with Crippen LogP contribution < -0.4 is 10.2 Å². The van der Waals surface area contributed by atoms with Gasteiger partial charge in [0, 0.05) is 42.9 Å². The Morgan fingerprint density at radius 2 is 2.14 bits per heavy atom. The van der Waals surface area contributed by atoms with Crippen LogP contribution in [0, 0.1) is 5.92 Å². The van der Waals surface area contributed by atoms with E-state index in [2.05, 4.69) is 21.2 Å². The average Bonchev–Trinajstić information content (AvgIpc) is 2.90. The molecule has 22 heavy (non-hydrogen) atoms.